The maximum absolute atomic E-state index is 12.5. The number of nitrogens with one attached hydrogen (secondary N) is 1. The fourth-order valence-electron chi connectivity index (χ4n) is 3.80. The number of hydrazone groups is 1. The zero-order chi connectivity index (χ0) is 28.1. The van der Waals surface area contributed by atoms with Crippen molar-refractivity contribution < 1.29 is 28.4 Å². The van der Waals surface area contributed by atoms with Gasteiger partial charge in [0.15, 0.2) is 5.76 Å². The maximum Gasteiger partial charge on any atom is 0.313 e. The third-order valence-corrected chi connectivity index (χ3v) is 5.73. The van der Waals surface area contributed by atoms with Crippen LogP contribution in [0.1, 0.15) is 40.2 Å². The fraction of sp³-hybridized carbons (Fsp3) is 0.148. The monoisotopic (exact) mass is 550 g/mol. The van der Waals surface area contributed by atoms with Gasteiger partial charge in [-0.3, -0.25) is 19.7 Å². The molecule has 0 spiro atoms. The van der Waals surface area contributed by atoms with Crippen molar-refractivity contribution in [2.45, 2.75) is 27.4 Å². The topological polar surface area (TPSA) is 138 Å². The molecule has 4 rings (SSSR count). The Bertz CT molecular complexity index is 1550. The highest BCUT2D eigenvalue weighted by molar-refractivity contribution is 6.31. The molecule has 0 bridgehead atoms. The van der Waals surface area contributed by atoms with E-state index < -0.39 is 22.5 Å². The molecule has 4 aromatic rings. The van der Waals surface area contributed by atoms with Crippen LogP contribution in [0, 0.1) is 24.0 Å². The van der Waals surface area contributed by atoms with Crippen LogP contribution in [0.25, 0.3) is 5.69 Å². The number of nitrogens with zero attached hydrogens (tertiary/aromatic N) is 3. The molecule has 0 saturated heterocycles. The van der Waals surface area contributed by atoms with Crippen molar-refractivity contribution in [2.24, 2.45) is 5.10 Å². The van der Waals surface area contributed by atoms with Crippen molar-refractivity contribution in [3.63, 3.8) is 0 Å². The molecular weight excluding hydrogens is 528 g/mol. The smallest absolute Gasteiger partial charge is 0.313 e. The van der Waals surface area contributed by atoms with Crippen molar-refractivity contribution in [3.05, 3.63) is 104 Å². The van der Waals surface area contributed by atoms with Gasteiger partial charge in [0, 0.05) is 40.7 Å². The number of carbonyl (C=O) groups excluding carboxylic acids is 2. The van der Waals surface area contributed by atoms with Gasteiger partial charge in [-0.25, -0.2) is 5.43 Å². The number of esters is 1. The maximum atomic E-state index is 12.5. The van der Waals surface area contributed by atoms with Gasteiger partial charge in [0.1, 0.15) is 18.1 Å². The highest BCUT2D eigenvalue weighted by atomic mass is 35.5. The van der Waals surface area contributed by atoms with Crippen LogP contribution in [-0.4, -0.2) is 27.6 Å². The standard InChI is InChI=1S/C27H23ClN4O7/c1-16-4-5-17(2)31(16)21-6-8-22(9-7-21)37-15-23-10-11-25(39-23)27(34)30-29-14-19-12-20(28)13-24(32(35)36)26(19)38-18(3)33/h4-14H,15H2,1-3H3,(H,30,34)/b29-14+. The number of nitro benzene ring substituents is 1. The minimum atomic E-state index is -0.772. The number of nitro groups is 1. The number of halogens is 1. The summed E-state index contributed by atoms with van der Waals surface area (Å²) in [5.41, 5.74) is 5.03. The summed E-state index contributed by atoms with van der Waals surface area (Å²) in [5, 5.41) is 15.1. The van der Waals surface area contributed by atoms with Crippen molar-refractivity contribution >= 4 is 35.4 Å². The summed E-state index contributed by atoms with van der Waals surface area (Å²) in [6.45, 7) is 5.27. The number of aryl methyl sites for hydroxylation is 2. The molecule has 0 aliphatic rings. The number of furan rings is 1. The lowest BCUT2D eigenvalue weighted by molar-refractivity contribution is -0.385. The molecule has 12 heteroatoms. The van der Waals surface area contributed by atoms with Gasteiger partial charge >= 0.3 is 17.6 Å². The molecule has 0 unspecified atom stereocenters. The minimum Gasteiger partial charge on any atom is -0.486 e. The molecule has 0 saturated carbocycles. The molecule has 39 heavy (non-hydrogen) atoms. The molecule has 0 atom stereocenters. The van der Waals surface area contributed by atoms with E-state index in [2.05, 4.69) is 27.2 Å². The van der Waals surface area contributed by atoms with E-state index in [9.17, 15) is 19.7 Å². The van der Waals surface area contributed by atoms with Crippen molar-refractivity contribution in [3.8, 4) is 17.2 Å². The Morgan fingerprint density at radius 1 is 1.10 bits per heavy atom. The second kappa shape index (κ2) is 11.7. The predicted octanol–water partition coefficient (Wildman–Crippen LogP) is 5.52. The van der Waals surface area contributed by atoms with Crippen LogP contribution in [-0.2, 0) is 11.4 Å². The largest absolute Gasteiger partial charge is 0.486 e. The van der Waals surface area contributed by atoms with Gasteiger partial charge in [0.2, 0.25) is 5.75 Å². The normalized spacial score (nSPS) is 11.0. The summed E-state index contributed by atoms with van der Waals surface area (Å²) in [5.74, 6) is -0.785. The SMILES string of the molecule is CC(=O)Oc1c(/C=N/NC(=O)c2ccc(COc3ccc(-n4c(C)ccc4C)cc3)o2)cc(Cl)cc1[N+](=O)[O-]. The van der Waals surface area contributed by atoms with Crippen LogP contribution < -0.4 is 14.9 Å². The number of benzene rings is 2. The molecule has 0 radical (unpaired) electrons. The summed E-state index contributed by atoms with van der Waals surface area (Å²) in [6, 6.07) is 17.1. The molecule has 2 aromatic carbocycles. The average Bonchev–Trinajstić information content (AvgIpc) is 3.50. The van der Waals surface area contributed by atoms with Crippen molar-refractivity contribution in [1.82, 2.24) is 9.99 Å². The zero-order valence-corrected chi connectivity index (χ0v) is 21.9. The van der Waals surface area contributed by atoms with Gasteiger partial charge in [-0.15, -0.1) is 0 Å². The van der Waals surface area contributed by atoms with Crippen LogP contribution in [0.2, 0.25) is 5.02 Å². The Morgan fingerprint density at radius 3 is 2.44 bits per heavy atom. The van der Waals surface area contributed by atoms with Gasteiger partial charge in [-0.2, -0.15) is 5.10 Å². The highest BCUT2D eigenvalue weighted by Crippen LogP contribution is 2.33. The van der Waals surface area contributed by atoms with E-state index in [-0.39, 0.29) is 28.7 Å². The summed E-state index contributed by atoms with van der Waals surface area (Å²) in [6.07, 6.45) is 1.07. The average molecular weight is 551 g/mol. The van der Waals surface area contributed by atoms with Gasteiger partial charge in [-0.05, 0) is 68.4 Å². The van der Waals surface area contributed by atoms with E-state index in [4.69, 9.17) is 25.5 Å². The number of carbonyl (C=O) groups is 2. The van der Waals surface area contributed by atoms with E-state index in [1.807, 2.05) is 38.1 Å². The van der Waals surface area contributed by atoms with Crippen molar-refractivity contribution in [1.29, 1.82) is 0 Å². The lowest BCUT2D eigenvalue weighted by Crippen LogP contribution is -2.17. The van der Waals surface area contributed by atoms with E-state index in [0.717, 1.165) is 36.3 Å². The van der Waals surface area contributed by atoms with E-state index in [1.54, 1.807) is 6.07 Å². The Hall–Kier alpha value is -4.90. The third kappa shape index (κ3) is 6.51. The van der Waals surface area contributed by atoms with Gasteiger partial charge in [0.05, 0.1) is 11.1 Å². The number of amides is 1. The van der Waals surface area contributed by atoms with Crippen LogP contribution >= 0.6 is 11.6 Å². The molecule has 1 amide bonds. The Morgan fingerprint density at radius 2 is 1.79 bits per heavy atom. The minimum absolute atomic E-state index is 0.0191. The number of rotatable bonds is 9. The predicted molar refractivity (Wildman–Crippen MR) is 143 cm³/mol. The lowest BCUT2D eigenvalue weighted by atomic mass is 10.2. The van der Waals surface area contributed by atoms with Crippen LogP contribution in [0.5, 0.6) is 11.5 Å². The number of hydrogen-bond donors (Lipinski definition) is 1. The van der Waals surface area contributed by atoms with Gasteiger partial charge in [-0.1, -0.05) is 11.6 Å². The Balaban J connectivity index is 1.38. The van der Waals surface area contributed by atoms with Gasteiger partial charge in [0.25, 0.3) is 0 Å². The summed E-state index contributed by atoms with van der Waals surface area (Å²) in [4.78, 5) is 34.4. The van der Waals surface area contributed by atoms with Crippen LogP contribution in [0.3, 0.4) is 0 Å². The summed E-state index contributed by atoms with van der Waals surface area (Å²) in [7, 11) is 0. The molecule has 0 aliphatic carbocycles. The summed E-state index contributed by atoms with van der Waals surface area (Å²) < 4.78 is 18.4. The molecule has 0 aliphatic heterocycles. The Kier molecular flexibility index (Phi) is 8.11. The lowest BCUT2D eigenvalue weighted by Gasteiger charge is -2.10. The molecule has 1 N–H and O–H groups in total. The number of aromatic nitrogens is 1. The molecule has 0 fully saturated rings. The molecule has 2 aromatic heterocycles. The number of ether oxygens (including phenoxy) is 2. The fourth-order valence-corrected chi connectivity index (χ4v) is 4.02. The second-order valence-corrected chi connectivity index (χ2v) is 8.83. The molecule has 200 valence electrons. The van der Waals surface area contributed by atoms with E-state index in [0.29, 0.717) is 11.5 Å². The van der Waals surface area contributed by atoms with Crippen molar-refractivity contribution in [2.75, 3.05) is 0 Å². The molecule has 2 heterocycles. The highest BCUT2D eigenvalue weighted by Gasteiger charge is 2.22. The van der Waals surface area contributed by atoms with Gasteiger partial charge < -0.3 is 18.5 Å². The van der Waals surface area contributed by atoms with E-state index >= 15 is 0 Å². The quantitative estimate of drug-likeness (QED) is 0.0952. The third-order valence-electron chi connectivity index (χ3n) is 5.51. The molecular formula is C27H23ClN4O7. The van der Waals surface area contributed by atoms with Crippen LogP contribution in [0.4, 0.5) is 5.69 Å². The summed E-state index contributed by atoms with van der Waals surface area (Å²) >= 11 is 5.94. The van der Waals surface area contributed by atoms with E-state index in [1.165, 1.54) is 12.1 Å². The zero-order valence-electron chi connectivity index (χ0n) is 21.1. The Labute approximate surface area is 227 Å². The first-order valence-corrected chi connectivity index (χ1v) is 12.0. The molecule has 11 nitrogen and oxygen atoms in total. The first kappa shape index (κ1) is 27.1. The number of hydrogen-bond acceptors (Lipinski definition) is 8. The first-order chi connectivity index (χ1) is 18.6. The second-order valence-electron chi connectivity index (χ2n) is 8.39. The van der Waals surface area contributed by atoms with Crippen LogP contribution in [0.15, 0.2) is 70.2 Å². The first-order valence-electron chi connectivity index (χ1n) is 11.6.